The molecule has 0 bridgehead atoms. The van der Waals surface area contributed by atoms with Crippen molar-refractivity contribution in [2.75, 3.05) is 0 Å². The molecule has 204 valence electrons. The van der Waals surface area contributed by atoms with Gasteiger partial charge in [0.1, 0.15) is 11.4 Å². The van der Waals surface area contributed by atoms with Crippen LogP contribution in [0.15, 0.2) is 71.4 Å². The Kier molecular flexibility index (Phi) is 7.76. The fourth-order valence-electron chi connectivity index (χ4n) is 4.65. The highest BCUT2D eigenvalue weighted by Crippen LogP contribution is 2.30. The van der Waals surface area contributed by atoms with Gasteiger partial charge in [-0.15, -0.1) is 22.7 Å². The second kappa shape index (κ2) is 11.8. The number of hydrogen-bond donors (Lipinski definition) is 0. The number of aryl methyl sites for hydroxylation is 6. The molecule has 0 radical (unpaired) electrons. The van der Waals surface area contributed by atoms with Crippen LogP contribution in [0.2, 0.25) is 0 Å². The molecule has 0 fully saturated rings. The zero-order chi connectivity index (χ0) is 28.3. The standard InChI is InChI=1S/C33H30N6S2/c1-20-14-30(40-18-20)28-16-24(36-32(38-28)26-12-5-8-22(3)34-26)10-7-11-25-17-29(31-15-21(2)19-41-31)39-33(37-25)27-13-6-9-23(4)35-27/h5-6,8-9,12-19H,7,10-11H2,1-4H3. The zero-order valence-corrected chi connectivity index (χ0v) is 25.2. The van der Waals surface area contributed by atoms with Crippen LogP contribution in [0, 0.1) is 27.7 Å². The summed E-state index contributed by atoms with van der Waals surface area (Å²) >= 11 is 3.42. The molecule has 6 nitrogen and oxygen atoms in total. The van der Waals surface area contributed by atoms with Crippen molar-refractivity contribution in [1.29, 1.82) is 0 Å². The fraction of sp³-hybridized carbons (Fsp3) is 0.212. The third-order valence-corrected chi connectivity index (χ3v) is 8.77. The quantitative estimate of drug-likeness (QED) is 0.182. The molecule has 6 aromatic rings. The van der Waals surface area contributed by atoms with Crippen LogP contribution < -0.4 is 0 Å². The van der Waals surface area contributed by atoms with E-state index >= 15 is 0 Å². The molecule has 6 rings (SSSR count). The Labute approximate surface area is 248 Å². The van der Waals surface area contributed by atoms with Crippen LogP contribution >= 0.6 is 22.7 Å². The number of hydrogen-bond acceptors (Lipinski definition) is 8. The van der Waals surface area contributed by atoms with Gasteiger partial charge in [-0.05, 0) is 117 Å². The average molecular weight is 575 g/mol. The smallest absolute Gasteiger partial charge is 0.178 e. The molecule has 0 atom stereocenters. The topological polar surface area (TPSA) is 77.3 Å². The molecule has 6 heterocycles. The average Bonchev–Trinajstić information content (AvgIpc) is 3.61. The van der Waals surface area contributed by atoms with Gasteiger partial charge in [0.05, 0.1) is 21.1 Å². The number of aromatic nitrogens is 6. The zero-order valence-electron chi connectivity index (χ0n) is 23.5. The Bertz CT molecular complexity index is 1700. The molecule has 0 saturated heterocycles. The van der Waals surface area contributed by atoms with Crippen molar-refractivity contribution in [2.24, 2.45) is 0 Å². The first-order valence-electron chi connectivity index (χ1n) is 13.6. The summed E-state index contributed by atoms with van der Waals surface area (Å²) in [4.78, 5) is 31.4. The lowest BCUT2D eigenvalue weighted by Gasteiger charge is -2.09. The van der Waals surface area contributed by atoms with Crippen molar-refractivity contribution in [3.63, 3.8) is 0 Å². The molecule has 41 heavy (non-hydrogen) atoms. The van der Waals surface area contributed by atoms with E-state index in [1.54, 1.807) is 22.7 Å². The first kappa shape index (κ1) is 27.1. The van der Waals surface area contributed by atoms with E-state index in [0.717, 1.165) is 74.6 Å². The van der Waals surface area contributed by atoms with Crippen molar-refractivity contribution in [1.82, 2.24) is 29.9 Å². The minimum Gasteiger partial charge on any atom is -0.250 e. The number of thiophene rings is 2. The van der Waals surface area contributed by atoms with E-state index in [1.165, 1.54) is 11.1 Å². The summed E-state index contributed by atoms with van der Waals surface area (Å²) in [5, 5.41) is 4.31. The summed E-state index contributed by atoms with van der Waals surface area (Å²) in [5.74, 6) is 1.33. The number of nitrogens with zero attached hydrogens (tertiary/aromatic N) is 6. The van der Waals surface area contributed by atoms with Gasteiger partial charge in [0, 0.05) is 22.8 Å². The number of pyridine rings is 2. The Hall–Kier alpha value is -4.14. The lowest BCUT2D eigenvalue weighted by Crippen LogP contribution is -2.03. The summed E-state index contributed by atoms with van der Waals surface area (Å²) in [7, 11) is 0. The van der Waals surface area contributed by atoms with Gasteiger partial charge >= 0.3 is 0 Å². The lowest BCUT2D eigenvalue weighted by atomic mass is 10.1. The van der Waals surface area contributed by atoms with E-state index in [2.05, 4.69) is 48.9 Å². The molecule has 0 aromatic carbocycles. The molecule has 0 unspecified atom stereocenters. The van der Waals surface area contributed by atoms with E-state index in [1.807, 2.05) is 50.2 Å². The van der Waals surface area contributed by atoms with Gasteiger partial charge in [0.2, 0.25) is 0 Å². The maximum absolute atomic E-state index is 4.94. The minimum absolute atomic E-state index is 0.664. The molecule has 0 aliphatic heterocycles. The summed E-state index contributed by atoms with van der Waals surface area (Å²) < 4.78 is 0. The van der Waals surface area contributed by atoms with Crippen LogP contribution in [0.4, 0.5) is 0 Å². The fourth-order valence-corrected chi connectivity index (χ4v) is 6.37. The van der Waals surface area contributed by atoms with Crippen molar-refractivity contribution in [2.45, 2.75) is 47.0 Å². The Balaban J connectivity index is 1.30. The normalized spacial score (nSPS) is 11.2. The third-order valence-electron chi connectivity index (χ3n) is 6.63. The van der Waals surface area contributed by atoms with Crippen LogP contribution in [0.1, 0.15) is 40.3 Å². The predicted molar refractivity (Wildman–Crippen MR) is 168 cm³/mol. The summed E-state index contributed by atoms with van der Waals surface area (Å²) in [6, 6.07) is 20.5. The van der Waals surface area contributed by atoms with Crippen molar-refractivity contribution in [3.8, 4) is 44.2 Å². The van der Waals surface area contributed by atoms with Gasteiger partial charge in [0.25, 0.3) is 0 Å². The maximum Gasteiger partial charge on any atom is 0.178 e. The predicted octanol–water partition coefficient (Wildman–Crippen LogP) is 8.26. The minimum atomic E-state index is 0.664. The lowest BCUT2D eigenvalue weighted by molar-refractivity contribution is 0.777. The van der Waals surface area contributed by atoms with Crippen LogP contribution in [0.5, 0.6) is 0 Å². The van der Waals surface area contributed by atoms with Crippen molar-refractivity contribution in [3.05, 3.63) is 105 Å². The van der Waals surface area contributed by atoms with Gasteiger partial charge in [-0.2, -0.15) is 0 Å². The summed E-state index contributed by atoms with van der Waals surface area (Å²) in [5.41, 5.74) is 9.85. The molecule has 0 aliphatic carbocycles. The Morgan fingerprint density at radius 1 is 0.512 bits per heavy atom. The van der Waals surface area contributed by atoms with Crippen LogP contribution in [-0.4, -0.2) is 29.9 Å². The number of rotatable bonds is 8. The SMILES string of the molecule is Cc1csc(-c2cc(CCCc3cc(-c4cc(C)cs4)nc(-c4cccc(C)n4)n3)nc(-c3cccc(C)n3)n2)c1. The molecule has 6 aromatic heterocycles. The molecule has 8 heteroatoms. The van der Waals surface area contributed by atoms with Crippen LogP contribution in [-0.2, 0) is 12.8 Å². The highest BCUT2D eigenvalue weighted by atomic mass is 32.1. The van der Waals surface area contributed by atoms with Gasteiger partial charge in [-0.1, -0.05) is 12.1 Å². The Morgan fingerprint density at radius 3 is 1.37 bits per heavy atom. The first-order chi connectivity index (χ1) is 19.9. The van der Waals surface area contributed by atoms with Gasteiger partial charge in [0.15, 0.2) is 11.6 Å². The largest absolute Gasteiger partial charge is 0.250 e. The molecular weight excluding hydrogens is 545 g/mol. The highest BCUT2D eigenvalue weighted by Gasteiger charge is 2.14. The van der Waals surface area contributed by atoms with E-state index < -0.39 is 0 Å². The molecule has 0 aliphatic rings. The first-order valence-corrected chi connectivity index (χ1v) is 15.4. The molecule has 0 N–H and O–H groups in total. The van der Waals surface area contributed by atoms with Gasteiger partial charge in [-0.25, -0.2) is 29.9 Å². The van der Waals surface area contributed by atoms with E-state index in [4.69, 9.17) is 29.9 Å². The molecule has 0 spiro atoms. The van der Waals surface area contributed by atoms with Crippen LogP contribution in [0.3, 0.4) is 0 Å². The van der Waals surface area contributed by atoms with E-state index in [-0.39, 0.29) is 0 Å². The monoisotopic (exact) mass is 574 g/mol. The van der Waals surface area contributed by atoms with Crippen molar-refractivity contribution < 1.29 is 0 Å². The third kappa shape index (κ3) is 6.45. The second-order valence-electron chi connectivity index (χ2n) is 10.3. The van der Waals surface area contributed by atoms with Gasteiger partial charge < -0.3 is 0 Å². The molecular formula is C33H30N6S2. The van der Waals surface area contributed by atoms with Gasteiger partial charge in [-0.3, -0.25) is 0 Å². The Morgan fingerprint density at radius 2 is 0.976 bits per heavy atom. The highest BCUT2D eigenvalue weighted by molar-refractivity contribution is 7.14. The molecule has 0 saturated carbocycles. The van der Waals surface area contributed by atoms with Crippen molar-refractivity contribution >= 4 is 22.7 Å². The summed E-state index contributed by atoms with van der Waals surface area (Å²) in [6.07, 6.45) is 2.49. The van der Waals surface area contributed by atoms with Crippen LogP contribution in [0.25, 0.3) is 44.2 Å². The van der Waals surface area contributed by atoms with E-state index in [0.29, 0.717) is 11.6 Å². The summed E-state index contributed by atoms with van der Waals surface area (Å²) in [6.45, 7) is 8.20. The van der Waals surface area contributed by atoms with E-state index in [9.17, 15) is 0 Å². The maximum atomic E-state index is 4.94. The molecule has 0 amide bonds. The second-order valence-corrected chi connectivity index (χ2v) is 12.1.